The molecule has 1 heterocycles. The molecule has 3 aliphatic rings. The van der Waals surface area contributed by atoms with Crippen LogP contribution >= 0.6 is 0 Å². The monoisotopic (exact) mass is 446 g/mol. The molecule has 3 fully saturated rings. The number of nitrogens with one attached hydrogen (secondary N) is 2. The van der Waals surface area contributed by atoms with Gasteiger partial charge in [0.15, 0.2) is 0 Å². The van der Waals surface area contributed by atoms with Crippen LogP contribution in [0.25, 0.3) is 0 Å². The van der Waals surface area contributed by atoms with Crippen molar-refractivity contribution in [2.75, 3.05) is 13.1 Å². The molecule has 3 amide bonds. The van der Waals surface area contributed by atoms with E-state index in [9.17, 15) is 19.2 Å². The Kier molecular flexibility index (Phi) is 6.57. The van der Waals surface area contributed by atoms with E-state index in [1.165, 1.54) is 6.08 Å². The highest BCUT2D eigenvalue weighted by atomic mass is 16.2. The van der Waals surface area contributed by atoms with Gasteiger partial charge in [-0.05, 0) is 35.0 Å². The molecule has 4 N–H and O–H groups in total. The van der Waals surface area contributed by atoms with E-state index < -0.39 is 35.2 Å². The third-order valence-corrected chi connectivity index (χ3v) is 7.49. The Bertz CT molecular complexity index is 811. The molecule has 0 aromatic heterocycles. The molecule has 1 aliphatic heterocycles. The molecule has 1 saturated heterocycles. The van der Waals surface area contributed by atoms with Gasteiger partial charge >= 0.3 is 0 Å². The first-order valence-corrected chi connectivity index (χ1v) is 11.6. The number of nitrogens with zero attached hydrogens (tertiary/aromatic N) is 1. The summed E-state index contributed by atoms with van der Waals surface area (Å²) in [7, 11) is 0. The summed E-state index contributed by atoms with van der Waals surface area (Å²) in [6, 6.07) is -2.30. The smallest absolute Gasteiger partial charge is 0.289 e. The van der Waals surface area contributed by atoms with E-state index in [4.69, 9.17) is 5.73 Å². The average molecular weight is 447 g/mol. The molecular weight excluding hydrogens is 408 g/mol. The van der Waals surface area contributed by atoms with E-state index >= 15 is 0 Å². The summed E-state index contributed by atoms with van der Waals surface area (Å²) in [5.74, 6) is -1.41. The number of likely N-dealkylation sites (tertiary alicyclic amines) is 1. The van der Waals surface area contributed by atoms with Crippen LogP contribution in [-0.2, 0) is 19.2 Å². The van der Waals surface area contributed by atoms with Crippen LogP contribution in [0.5, 0.6) is 0 Å². The Labute approximate surface area is 190 Å². The van der Waals surface area contributed by atoms with Crippen LogP contribution in [0.3, 0.4) is 0 Å². The molecule has 2 saturated carbocycles. The van der Waals surface area contributed by atoms with E-state index in [0.29, 0.717) is 18.9 Å². The zero-order chi connectivity index (χ0) is 24.0. The lowest BCUT2D eigenvalue weighted by Crippen LogP contribution is -2.59. The quantitative estimate of drug-likeness (QED) is 0.360. The maximum Gasteiger partial charge on any atom is 0.289 e. The SMILES string of the molecule is C=CCNC(=O)C(=O)C(CC1CC1)NC(=O)[C@@H]1[C@@H]2[C@H](CN1C(=O)[C@@H](N)C(C)(C)C)C2(C)C. The molecule has 0 radical (unpaired) electrons. The van der Waals surface area contributed by atoms with Crippen molar-refractivity contribution in [3.05, 3.63) is 12.7 Å². The molecule has 32 heavy (non-hydrogen) atoms. The molecule has 0 aromatic rings. The molecule has 2 aliphatic carbocycles. The minimum Gasteiger partial charge on any atom is -0.346 e. The average Bonchev–Trinajstić information content (AvgIpc) is 3.56. The highest BCUT2D eigenvalue weighted by Gasteiger charge is 2.69. The second-order valence-corrected chi connectivity index (χ2v) is 11.3. The van der Waals surface area contributed by atoms with Gasteiger partial charge in [0.2, 0.25) is 17.6 Å². The van der Waals surface area contributed by atoms with Crippen LogP contribution in [0.15, 0.2) is 12.7 Å². The fraction of sp³-hybridized carbons (Fsp3) is 0.750. The third kappa shape index (κ3) is 4.75. The largest absolute Gasteiger partial charge is 0.346 e. The van der Waals surface area contributed by atoms with E-state index in [1.807, 2.05) is 20.8 Å². The van der Waals surface area contributed by atoms with Gasteiger partial charge in [0, 0.05) is 13.1 Å². The van der Waals surface area contributed by atoms with Crippen LogP contribution in [0.4, 0.5) is 0 Å². The number of hydrogen-bond acceptors (Lipinski definition) is 5. The molecule has 178 valence electrons. The van der Waals surface area contributed by atoms with Crippen molar-refractivity contribution < 1.29 is 19.2 Å². The lowest BCUT2D eigenvalue weighted by atomic mass is 9.86. The molecule has 0 bridgehead atoms. The van der Waals surface area contributed by atoms with Crippen LogP contribution < -0.4 is 16.4 Å². The first kappa shape index (κ1) is 24.4. The van der Waals surface area contributed by atoms with Crippen LogP contribution in [0.2, 0.25) is 0 Å². The number of nitrogens with two attached hydrogens (primary N) is 1. The minimum absolute atomic E-state index is 0.0184. The second kappa shape index (κ2) is 8.61. The molecule has 8 nitrogen and oxygen atoms in total. The number of carbonyl (C=O) groups is 4. The van der Waals surface area contributed by atoms with Gasteiger partial charge in [0.25, 0.3) is 5.91 Å². The van der Waals surface area contributed by atoms with Gasteiger partial charge in [-0.1, -0.05) is 53.5 Å². The Balaban J connectivity index is 1.78. The predicted molar refractivity (Wildman–Crippen MR) is 121 cm³/mol. The van der Waals surface area contributed by atoms with Crippen LogP contribution in [0.1, 0.15) is 53.9 Å². The molecule has 0 aromatic carbocycles. The second-order valence-electron chi connectivity index (χ2n) is 11.3. The maximum atomic E-state index is 13.5. The van der Waals surface area contributed by atoms with Crippen molar-refractivity contribution in [1.29, 1.82) is 0 Å². The highest BCUT2D eigenvalue weighted by Crippen LogP contribution is 2.65. The zero-order valence-corrected chi connectivity index (χ0v) is 19.9. The van der Waals surface area contributed by atoms with Crippen molar-refractivity contribution >= 4 is 23.5 Å². The number of ketones is 1. The first-order valence-electron chi connectivity index (χ1n) is 11.6. The standard InChI is InChI=1S/C24H38N4O4/c1-7-10-26-21(31)18(29)15(11-13-8-9-13)27-20(30)17-16-14(24(16,5)6)12-28(17)22(32)19(25)23(2,3)4/h7,13-17,19H,1,8-12,25H2,2-6H3,(H,26,31)(H,27,30)/t14-,15?,16-,17-,19+/m0/s1. The normalized spacial score (nSPS) is 27.7. The molecular formula is C24H38N4O4. The highest BCUT2D eigenvalue weighted by molar-refractivity contribution is 6.38. The molecule has 3 rings (SSSR count). The van der Waals surface area contributed by atoms with Crippen molar-refractivity contribution in [3.63, 3.8) is 0 Å². The Hall–Kier alpha value is -2.22. The van der Waals surface area contributed by atoms with E-state index in [-0.39, 0.29) is 35.6 Å². The summed E-state index contributed by atoms with van der Waals surface area (Å²) < 4.78 is 0. The molecule has 0 spiro atoms. The van der Waals surface area contributed by atoms with Gasteiger partial charge in [-0.2, -0.15) is 0 Å². The number of hydrogen-bond donors (Lipinski definition) is 3. The predicted octanol–water partition coefficient (Wildman–Crippen LogP) is 0.999. The van der Waals surface area contributed by atoms with Crippen molar-refractivity contribution in [2.45, 2.75) is 72.0 Å². The zero-order valence-electron chi connectivity index (χ0n) is 19.9. The van der Waals surface area contributed by atoms with Gasteiger partial charge in [0.1, 0.15) is 6.04 Å². The summed E-state index contributed by atoms with van der Waals surface area (Å²) in [6.45, 7) is 14.1. The van der Waals surface area contributed by atoms with E-state index in [2.05, 4.69) is 31.1 Å². The summed E-state index contributed by atoms with van der Waals surface area (Å²) in [5, 5.41) is 5.33. The summed E-state index contributed by atoms with van der Waals surface area (Å²) in [5.41, 5.74) is 5.75. The Morgan fingerprint density at radius 3 is 2.38 bits per heavy atom. The fourth-order valence-electron chi connectivity index (χ4n) is 4.95. The van der Waals surface area contributed by atoms with Crippen molar-refractivity contribution in [1.82, 2.24) is 15.5 Å². The molecule has 8 heteroatoms. The Morgan fingerprint density at radius 2 is 1.84 bits per heavy atom. The van der Waals surface area contributed by atoms with E-state index in [0.717, 1.165) is 12.8 Å². The number of rotatable bonds is 9. The maximum absolute atomic E-state index is 13.5. The van der Waals surface area contributed by atoms with Crippen molar-refractivity contribution in [2.24, 2.45) is 34.3 Å². The first-order chi connectivity index (χ1) is 14.8. The van der Waals surface area contributed by atoms with Crippen LogP contribution in [-0.4, -0.2) is 59.6 Å². The van der Waals surface area contributed by atoms with Gasteiger partial charge in [0.05, 0.1) is 12.1 Å². The fourth-order valence-corrected chi connectivity index (χ4v) is 4.95. The van der Waals surface area contributed by atoms with Crippen LogP contribution in [0, 0.1) is 28.6 Å². The number of Topliss-reactive ketones (excluding diaryl/α,β-unsaturated/α-hetero) is 1. The lowest BCUT2D eigenvalue weighted by Gasteiger charge is -2.36. The summed E-state index contributed by atoms with van der Waals surface area (Å²) in [4.78, 5) is 53.3. The molecule has 1 unspecified atom stereocenters. The van der Waals surface area contributed by atoms with E-state index in [1.54, 1.807) is 4.90 Å². The minimum atomic E-state index is -0.894. The van der Waals surface area contributed by atoms with Gasteiger partial charge < -0.3 is 21.3 Å². The number of amides is 3. The van der Waals surface area contributed by atoms with Gasteiger partial charge in [-0.15, -0.1) is 6.58 Å². The topological polar surface area (TPSA) is 122 Å². The van der Waals surface area contributed by atoms with Gasteiger partial charge in [-0.25, -0.2) is 0 Å². The van der Waals surface area contributed by atoms with Crippen molar-refractivity contribution in [3.8, 4) is 0 Å². The van der Waals surface area contributed by atoms with Gasteiger partial charge in [-0.3, -0.25) is 19.2 Å². The summed E-state index contributed by atoms with van der Waals surface area (Å²) in [6.07, 6.45) is 3.90. The lowest BCUT2D eigenvalue weighted by molar-refractivity contribution is -0.145. The Morgan fingerprint density at radius 1 is 1.22 bits per heavy atom. The number of fused-ring (bicyclic) bond motifs is 1. The summed E-state index contributed by atoms with van der Waals surface area (Å²) >= 11 is 0. The number of piperidine rings is 1. The third-order valence-electron chi connectivity index (χ3n) is 7.49. The molecule has 5 atom stereocenters. The number of carbonyl (C=O) groups excluding carboxylic acids is 4.